The molecule has 4 rings (SSSR count). The Balaban J connectivity index is 1.34. The summed E-state index contributed by atoms with van der Waals surface area (Å²) in [4.78, 5) is 26.7. The lowest BCUT2D eigenvalue weighted by molar-refractivity contribution is -0.134. The van der Waals surface area contributed by atoms with Gasteiger partial charge in [-0.2, -0.15) is 0 Å². The molecule has 2 heterocycles. The maximum absolute atomic E-state index is 13.3. The van der Waals surface area contributed by atoms with E-state index in [0.29, 0.717) is 29.5 Å². The Morgan fingerprint density at radius 1 is 1.16 bits per heavy atom. The number of benzene rings is 2. The summed E-state index contributed by atoms with van der Waals surface area (Å²) in [5.41, 5.74) is 0.356. The predicted molar refractivity (Wildman–Crippen MR) is 115 cm³/mol. The molecule has 1 aliphatic heterocycles. The largest absolute Gasteiger partial charge is 0.484 e. The van der Waals surface area contributed by atoms with Gasteiger partial charge < -0.3 is 15.0 Å². The Kier molecular flexibility index (Phi) is 6.51. The van der Waals surface area contributed by atoms with Gasteiger partial charge in [0.1, 0.15) is 16.6 Å². The number of amides is 2. The van der Waals surface area contributed by atoms with Crippen LogP contribution in [0.1, 0.15) is 33.6 Å². The number of hydrogen-bond donors (Lipinski definition) is 1. The summed E-state index contributed by atoms with van der Waals surface area (Å²) in [6, 6.07) is 14.9. The number of nitrogens with zero attached hydrogens (tertiary/aromatic N) is 3. The molecule has 0 saturated carbocycles. The van der Waals surface area contributed by atoms with Gasteiger partial charge in [0.2, 0.25) is 5.01 Å². The van der Waals surface area contributed by atoms with Crippen molar-refractivity contribution in [2.45, 2.75) is 18.8 Å². The summed E-state index contributed by atoms with van der Waals surface area (Å²) in [5.74, 6) is -0.277. The molecule has 0 radical (unpaired) electrons. The molecule has 0 aliphatic carbocycles. The van der Waals surface area contributed by atoms with Crippen LogP contribution in [0, 0.1) is 5.82 Å². The summed E-state index contributed by atoms with van der Waals surface area (Å²) in [7, 11) is 0. The highest BCUT2D eigenvalue weighted by Crippen LogP contribution is 2.29. The van der Waals surface area contributed by atoms with Crippen molar-refractivity contribution in [2.75, 3.05) is 25.0 Å². The van der Waals surface area contributed by atoms with Crippen molar-refractivity contribution in [3.63, 3.8) is 0 Å². The van der Waals surface area contributed by atoms with Crippen molar-refractivity contribution < 1.29 is 18.7 Å². The van der Waals surface area contributed by atoms with Crippen molar-refractivity contribution in [1.29, 1.82) is 0 Å². The minimum atomic E-state index is -0.436. The molecule has 1 saturated heterocycles. The number of para-hydroxylation sites is 1. The molecule has 1 atom stereocenters. The summed E-state index contributed by atoms with van der Waals surface area (Å²) in [6.45, 7) is 1.16. The van der Waals surface area contributed by atoms with E-state index in [1.165, 1.54) is 29.5 Å². The van der Waals surface area contributed by atoms with E-state index in [9.17, 15) is 14.0 Å². The highest BCUT2D eigenvalue weighted by molar-refractivity contribution is 7.13. The lowest BCUT2D eigenvalue weighted by atomic mass is 9.99. The smallest absolute Gasteiger partial charge is 0.286 e. The third-order valence-electron chi connectivity index (χ3n) is 4.95. The second-order valence-electron chi connectivity index (χ2n) is 7.19. The number of halogens is 1. The SMILES string of the molecule is O=C(Nc1cccc(F)c1)c1nnc(C2CCCN(C(=O)COc3ccccc3)C2)s1. The van der Waals surface area contributed by atoms with Gasteiger partial charge in [-0.3, -0.25) is 9.59 Å². The van der Waals surface area contributed by atoms with Crippen LogP contribution in [0.15, 0.2) is 54.6 Å². The Labute approximate surface area is 182 Å². The molecule has 0 bridgehead atoms. The van der Waals surface area contributed by atoms with Gasteiger partial charge in [0.25, 0.3) is 11.8 Å². The quantitative estimate of drug-likeness (QED) is 0.632. The van der Waals surface area contributed by atoms with Gasteiger partial charge in [-0.1, -0.05) is 35.6 Å². The summed E-state index contributed by atoms with van der Waals surface area (Å²) < 4.78 is 18.9. The fraction of sp³-hybridized carbons (Fsp3) is 0.273. The zero-order chi connectivity index (χ0) is 21.6. The predicted octanol–water partition coefficient (Wildman–Crippen LogP) is 3.71. The average Bonchev–Trinajstić information content (AvgIpc) is 3.29. The lowest BCUT2D eigenvalue weighted by Crippen LogP contribution is -2.41. The molecular formula is C22H21FN4O3S. The number of ether oxygens (including phenoxy) is 1. The molecule has 1 N–H and O–H groups in total. The molecular weight excluding hydrogens is 419 g/mol. The van der Waals surface area contributed by atoms with Crippen LogP contribution in [0.25, 0.3) is 0 Å². The number of carbonyl (C=O) groups is 2. The summed E-state index contributed by atoms with van der Waals surface area (Å²) in [6.07, 6.45) is 1.70. The number of carbonyl (C=O) groups excluding carboxylic acids is 2. The molecule has 2 aromatic carbocycles. The number of piperidine rings is 1. The van der Waals surface area contributed by atoms with Crippen molar-refractivity contribution >= 4 is 28.8 Å². The molecule has 1 aromatic heterocycles. The van der Waals surface area contributed by atoms with E-state index in [2.05, 4.69) is 15.5 Å². The van der Waals surface area contributed by atoms with Gasteiger partial charge in [-0.25, -0.2) is 4.39 Å². The third kappa shape index (κ3) is 5.43. The van der Waals surface area contributed by atoms with Crippen molar-refractivity contribution in [1.82, 2.24) is 15.1 Å². The maximum Gasteiger partial charge on any atom is 0.286 e. The Morgan fingerprint density at radius 2 is 2.00 bits per heavy atom. The molecule has 3 aromatic rings. The van der Waals surface area contributed by atoms with Gasteiger partial charge in [0.15, 0.2) is 6.61 Å². The van der Waals surface area contributed by atoms with Crippen LogP contribution in [0.2, 0.25) is 0 Å². The number of nitrogens with one attached hydrogen (secondary N) is 1. The fourth-order valence-electron chi connectivity index (χ4n) is 3.40. The zero-order valence-corrected chi connectivity index (χ0v) is 17.5. The highest BCUT2D eigenvalue weighted by Gasteiger charge is 2.28. The number of rotatable bonds is 6. The highest BCUT2D eigenvalue weighted by atomic mass is 32.1. The van der Waals surface area contributed by atoms with E-state index in [-0.39, 0.29) is 23.4 Å². The molecule has 2 amide bonds. The van der Waals surface area contributed by atoms with Crippen LogP contribution in [0.3, 0.4) is 0 Å². The van der Waals surface area contributed by atoms with Crippen molar-refractivity contribution in [2.24, 2.45) is 0 Å². The first kappa shape index (κ1) is 20.9. The van der Waals surface area contributed by atoms with E-state index < -0.39 is 11.7 Å². The van der Waals surface area contributed by atoms with Crippen LogP contribution in [0.4, 0.5) is 10.1 Å². The monoisotopic (exact) mass is 440 g/mol. The second-order valence-corrected chi connectivity index (χ2v) is 8.20. The molecule has 160 valence electrons. The van der Waals surface area contributed by atoms with Gasteiger partial charge in [0.05, 0.1) is 0 Å². The van der Waals surface area contributed by atoms with E-state index in [1.54, 1.807) is 11.0 Å². The van der Waals surface area contributed by atoms with Crippen molar-refractivity contribution in [3.8, 4) is 5.75 Å². The first-order chi connectivity index (χ1) is 15.1. The zero-order valence-electron chi connectivity index (χ0n) is 16.7. The number of anilines is 1. The maximum atomic E-state index is 13.3. The fourth-order valence-corrected chi connectivity index (χ4v) is 4.26. The third-order valence-corrected chi connectivity index (χ3v) is 6.03. The molecule has 7 nitrogen and oxygen atoms in total. The van der Waals surface area contributed by atoms with Crippen LogP contribution in [-0.4, -0.2) is 46.6 Å². The van der Waals surface area contributed by atoms with Gasteiger partial charge in [-0.15, -0.1) is 10.2 Å². The standard InChI is InChI=1S/C22H21FN4O3S/c23-16-7-4-8-17(12-16)24-20(29)22-26-25-21(31-22)15-6-5-11-27(13-15)19(28)14-30-18-9-2-1-3-10-18/h1-4,7-10,12,15H,5-6,11,13-14H2,(H,24,29). The van der Waals surface area contributed by atoms with E-state index in [0.717, 1.165) is 12.8 Å². The van der Waals surface area contributed by atoms with Crippen LogP contribution < -0.4 is 10.1 Å². The van der Waals surface area contributed by atoms with Gasteiger partial charge in [-0.05, 0) is 43.2 Å². The van der Waals surface area contributed by atoms with Crippen LogP contribution in [0.5, 0.6) is 5.75 Å². The minimum absolute atomic E-state index is 0.0163. The van der Waals surface area contributed by atoms with Crippen molar-refractivity contribution in [3.05, 3.63) is 70.4 Å². The molecule has 1 unspecified atom stereocenters. The van der Waals surface area contributed by atoms with Gasteiger partial charge in [0, 0.05) is 24.7 Å². The summed E-state index contributed by atoms with van der Waals surface area (Å²) >= 11 is 1.20. The molecule has 31 heavy (non-hydrogen) atoms. The summed E-state index contributed by atoms with van der Waals surface area (Å²) in [5, 5.41) is 11.7. The number of hydrogen-bond acceptors (Lipinski definition) is 6. The first-order valence-corrected chi connectivity index (χ1v) is 10.8. The topological polar surface area (TPSA) is 84.4 Å². The van der Waals surface area contributed by atoms with Crippen LogP contribution in [-0.2, 0) is 4.79 Å². The normalized spacial score (nSPS) is 16.0. The number of likely N-dealkylation sites (tertiary alicyclic amines) is 1. The first-order valence-electron chi connectivity index (χ1n) is 9.94. The minimum Gasteiger partial charge on any atom is -0.484 e. The molecule has 0 spiro atoms. The average molecular weight is 441 g/mol. The Morgan fingerprint density at radius 3 is 2.81 bits per heavy atom. The van der Waals surface area contributed by atoms with E-state index in [4.69, 9.17) is 4.74 Å². The second kappa shape index (κ2) is 9.65. The number of aromatic nitrogens is 2. The van der Waals surface area contributed by atoms with Crippen LogP contribution >= 0.6 is 11.3 Å². The molecule has 1 fully saturated rings. The van der Waals surface area contributed by atoms with Gasteiger partial charge >= 0.3 is 0 Å². The Bertz CT molecular complexity index is 1060. The molecule has 1 aliphatic rings. The van der Waals surface area contributed by atoms with E-state index >= 15 is 0 Å². The lowest BCUT2D eigenvalue weighted by Gasteiger charge is -2.31. The Hall–Kier alpha value is -3.33. The van der Waals surface area contributed by atoms with E-state index in [1.807, 2.05) is 30.3 Å². The molecule has 9 heteroatoms.